The van der Waals surface area contributed by atoms with E-state index < -0.39 is 10.0 Å². The van der Waals surface area contributed by atoms with Crippen LogP contribution in [0.15, 0.2) is 40.7 Å². The van der Waals surface area contributed by atoms with Crippen molar-refractivity contribution < 1.29 is 13.2 Å². The van der Waals surface area contributed by atoms with Crippen LogP contribution in [0.5, 0.6) is 0 Å². The molecule has 0 aliphatic carbocycles. The fourth-order valence-corrected chi connectivity index (χ4v) is 6.35. The van der Waals surface area contributed by atoms with Crippen LogP contribution in [0.4, 0.5) is 5.13 Å². The van der Waals surface area contributed by atoms with Crippen molar-refractivity contribution in [3.8, 4) is 0 Å². The lowest BCUT2D eigenvalue weighted by atomic mass is 9.98. The number of aromatic nitrogens is 1. The summed E-state index contributed by atoms with van der Waals surface area (Å²) in [6.07, 6.45) is 6.87. The second kappa shape index (κ2) is 9.45. The number of thiazole rings is 1. The molecule has 2 aliphatic rings. The monoisotopic (exact) mass is 448 g/mol. The number of nitrogens with one attached hydrogen (secondary N) is 1. The van der Waals surface area contributed by atoms with Gasteiger partial charge in [-0.15, -0.1) is 11.3 Å². The summed E-state index contributed by atoms with van der Waals surface area (Å²) in [5.41, 5.74) is 0.486. The maximum atomic E-state index is 12.7. The highest BCUT2D eigenvalue weighted by atomic mass is 32.2. The van der Waals surface area contributed by atoms with E-state index in [-0.39, 0.29) is 10.8 Å². The SMILES string of the molecule is O=C(NCC1CCCN(c2nccs2)C1)c1ccc(S(=O)(=O)N2CCCCC2)cc1. The van der Waals surface area contributed by atoms with E-state index in [2.05, 4.69) is 15.2 Å². The second-order valence-corrected chi connectivity index (χ2v) is 10.8. The number of hydrogen-bond acceptors (Lipinski definition) is 6. The van der Waals surface area contributed by atoms with Gasteiger partial charge in [0.1, 0.15) is 0 Å². The van der Waals surface area contributed by atoms with Gasteiger partial charge in [-0.05, 0) is 55.9 Å². The highest BCUT2D eigenvalue weighted by molar-refractivity contribution is 7.89. The van der Waals surface area contributed by atoms with Crippen LogP contribution in [0.3, 0.4) is 0 Å². The third kappa shape index (κ3) is 4.84. The minimum atomic E-state index is -3.47. The van der Waals surface area contributed by atoms with Crippen molar-refractivity contribution in [3.05, 3.63) is 41.4 Å². The predicted octanol–water partition coefficient (Wildman–Crippen LogP) is 2.96. The summed E-state index contributed by atoms with van der Waals surface area (Å²) >= 11 is 1.64. The first-order valence-corrected chi connectivity index (χ1v) is 12.9. The number of rotatable bonds is 6. The number of carbonyl (C=O) groups is 1. The molecule has 2 saturated heterocycles. The molecule has 7 nitrogen and oxygen atoms in total. The second-order valence-electron chi connectivity index (χ2n) is 7.97. The summed E-state index contributed by atoms with van der Waals surface area (Å²) in [7, 11) is -3.47. The van der Waals surface area contributed by atoms with Crippen LogP contribution < -0.4 is 10.2 Å². The number of hydrogen-bond donors (Lipinski definition) is 1. The minimum Gasteiger partial charge on any atom is -0.352 e. The quantitative estimate of drug-likeness (QED) is 0.735. The summed E-state index contributed by atoms with van der Waals surface area (Å²) in [6, 6.07) is 6.30. The fraction of sp³-hybridized carbons (Fsp3) is 0.524. The van der Waals surface area contributed by atoms with Gasteiger partial charge >= 0.3 is 0 Å². The van der Waals surface area contributed by atoms with Gasteiger partial charge < -0.3 is 10.2 Å². The van der Waals surface area contributed by atoms with Crippen molar-refractivity contribution in [2.75, 3.05) is 37.6 Å². The first kappa shape index (κ1) is 21.3. The van der Waals surface area contributed by atoms with E-state index in [4.69, 9.17) is 0 Å². The molecule has 4 rings (SSSR count). The van der Waals surface area contributed by atoms with Gasteiger partial charge in [0, 0.05) is 49.9 Å². The molecular formula is C21H28N4O3S2. The first-order chi connectivity index (χ1) is 14.5. The van der Waals surface area contributed by atoms with Crippen molar-refractivity contribution in [1.29, 1.82) is 0 Å². The molecule has 1 unspecified atom stereocenters. The number of amides is 1. The number of anilines is 1. The first-order valence-electron chi connectivity index (χ1n) is 10.6. The van der Waals surface area contributed by atoms with Crippen molar-refractivity contribution in [2.24, 2.45) is 5.92 Å². The third-order valence-electron chi connectivity index (χ3n) is 5.83. The Kier molecular flexibility index (Phi) is 6.70. The summed E-state index contributed by atoms with van der Waals surface area (Å²) < 4.78 is 27.0. The van der Waals surface area contributed by atoms with Gasteiger partial charge in [0.2, 0.25) is 10.0 Å². The van der Waals surface area contributed by atoms with Crippen LogP contribution in [0.25, 0.3) is 0 Å². The Balaban J connectivity index is 1.32. The Morgan fingerprint density at radius 2 is 1.87 bits per heavy atom. The predicted molar refractivity (Wildman–Crippen MR) is 118 cm³/mol. The Morgan fingerprint density at radius 3 is 2.57 bits per heavy atom. The third-order valence-corrected chi connectivity index (χ3v) is 8.57. The summed E-state index contributed by atoms with van der Waals surface area (Å²) in [4.78, 5) is 19.5. The van der Waals surface area contributed by atoms with Gasteiger partial charge in [0.05, 0.1) is 4.90 Å². The fourth-order valence-electron chi connectivity index (χ4n) is 4.15. The van der Waals surface area contributed by atoms with E-state index >= 15 is 0 Å². The standard InChI is InChI=1S/C21H28N4O3S2/c26-20(23-15-17-5-4-11-24(16-17)21-22-10-14-29-21)18-6-8-19(9-7-18)30(27,28)25-12-2-1-3-13-25/h6-10,14,17H,1-5,11-13,15-16H2,(H,23,26). The Labute approximate surface area is 182 Å². The van der Waals surface area contributed by atoms with Crippen molar-refractivity contribution in [1.82, 2.24) is 14.6 Å². The zero-order chi connectivity index (χ0) is 21.0. The normalized spacial score (nSPS) is 20.8. The molecule has 162 valence electrons. The van der Waals surface area contributed by atoms with E-state index in [1.807, 2.05) is 11.6 Å². The van der Waals surface area contributed by atoms with Crippen LogP contribution in [0.2, 0.25) is 0 Å². The maximum absolute atomic E-state index is 12.7. The number of sulfonamides is 1. The summed E-state index contributed by atoms with van der Waals surface area (Å²) in [5, 5.41) is 6.03. The number of nitrogens with zero attached hydrogens (tertiary/aromatic N) is 3. The molecule has 3 heterocycles. The highest BCUT2D eigenvalue weighted by Crippen LogP contribution is 2.25. The Morgan fingerprint density at radius 1 is 1.10 bits per heavy atom. The largest absolute Gasteiger partial charge is 0.352 e. The molecule has 0 bridgehead atoms. The summed E-state index contributed by atoms with van der Waals surface area (Å²) in [5.74, 6) is 0.216. The molecule has 1 aromatic carbocycles. The van der Waals surface area contributed by atoms with Gasteiger partial charge in [-0.3, -0.25) is 4.79 Å². The molecule has 1 amide bonds. The van der Waals surface area contributed by atoms with Gasteiger partial charge in [-0.1, -0.05) is 6.42 Å². The van der Waals surface area contributed by atoms with Crippen LogP contribution in [0, 0.1) is 5.92 Å². The number of benzene rings is 1. The van der Waals surface area contributed by atoms with Gasteiger partial charge in [0.15, 0.2) is 5.13 Å². The van der Waals surface area contributed by atoms with E-state index in [0.29, 0.717) is 31.1 Å². The molecule has 9 heteroatoms. The smallest absolute Gasteiger partial charge is 0.251 e. The Hall–Kier alpha value is -1.97. The average Bonchev–Trinajstić information content (AvgIpc) is 3.33. The molecule has 2 aromatic rings. The minimum absolute atomic E-state index is 0.164. The molecular weight excluding hydrogens is 420 g/mol. The van der Waals surface area contributed by atoms with Gasteiger partial charge in [0.25, 0.3) is 5.91 Å². The highest BCUT2D eigenvalue weighted by Gasteiger charge is 2.26. The molecule has 1 N–H and O–H groups in total. The van der Waals surface area contributed by atoms with Crippen LogP contribution in [-0.4, -0.2) is 56.3 Å². The molecule has 0 radical (unpaired) electrons. The number of carbonyl (C=O) groups excluding carboxylic acids is 1. The molecule has 1 atom stereocenters. The van der Waals surface area contributed by atoms with Gasteiger partial charge in [-0.2, -0.15) is 4.31 Å². The lowest BCUT2D eigenvalue weighted by Gasteiger charge is -2.32. The average molecular weight is 449 g/mol. The molecule has 2 fully saturated rings. The molecule has 2 aliphatic heterocycles. The lowest BCUT2D eigenvalue weighted by Crippen LogP contribution is -2.41. The Bertz CT molecular complexity index is 939. The molecule has 30 heavy (non-hydrogen) atoms. The van der Waals surface area contributed by atoms with Crippen LogP contribution in [-0.2, 0) is 10.0 Å². The van der Waals surface area contributed by atoms with Crippen molar-refractivity contribution in [3.63, 3.8) is 0 Å². The topological polar surface area (TPSA) is 82.6 Å². The van der Waals surface area contributed by atoms with Gasteiger partial charge in [-0.25, -0.2) is 13.4 Å². The van der Waals surface area contributed by atoms with E-state index in [9.17, 15) is 13.2 Å². The summed E-state index contributed by atoms with van der Waals surface area (Å²) in [6.45, 7) is 3.65. The van der Waals surface area contributed by atoms with Crippen LogP contribution >= 0.6 is 11.3 Å². The maximum Gasteiger partial charge on any atom is 0.251 e. The zero-order valence-electron chi connectivity index (χ0n) is 17.0. The van der Waals surface area contributed by atoms with Crippen molar-refractivity contribution in [2.45, 2.75) is 37.0 Å². The van der Waals surface area contributed by atoms with E-state index in [1.54, 1.807) is 39.9 Å². The van der Waals surface area contributed by atoms with Crippen molar-refractivity contribution >= 4 is 32.4 Å². The number of piperidine rings is 2. The van der Waals surface area contributed by atoms with E-state index in [1.165, 1.54) is 0 Å². The zero-order valence-corrected chi connectivity index (χ0v) is 18.6. The molecule has 0 spiro atoms. The lowest BCUT2D eigenvalue weighted by molar-refractivity contribution is 0.0945. The molecule has 0 saturated carbocycles. The van der Waals surface area contributed by atoms with E-state index in [0.717, 1.165) is 50.3 Å². The van der Waals surface area contributed by atoms with Crippen LogP contribution in [0.1, 0.15) is 42.5 Å². The molecule has 1 aromatic heterocycles.